The molecule has 41 heavy (non-hydrogen) atoms. The fourth-order valence-corrected chi connectivity index (χ4v) is 4.59. The lowest BCUT2D eigenvalue weighted by Crippen LogP contribution is -2.43. The van der Waals surface area contributed by atoms with Crippen LogP contribution in [0.4, 0.5) is 0 Å². The van der Waals surface area contributed by atoms with Crippen LogP contribution in [0.15, 0.2) is 103 Å². The standard InChI is InChI=1S/C35H39NO5/c1-35(2,22-29-16-10-15-28(17-29)18-34(38)39-3)36-23-33(37)30-19-31(40-24-26-11-6-4-7-12-26)21-32(20-30)41-25-27-13-8-5-9-14-27/h4-17,19-21,33,36-37H,18,22-25H2,1-3H3. The van der Waals surface area contributed by atoms with Crippen LogP contribution in [0, 0.1) is 0 Å². The molecule has 6 nitrogen and oxygen atoms in total. The molecule has 0 aliphatic carbocycles. The average Bonchev–Trinajstić information content (AvgIpc) is 2.98. The SMILES string of the molecule is COC(=O)Cc1cccc(CC(C)(C)NCC(O)c2cc(OCc3ccccc3)cc(OCc3ccccc3)c2)c1. The molecule has 0 bridgehead atoms. The molecule has 0 aromatic heterocycles. The molecule has 0 radical (unpaired) electrons. The van der Waals surface area contributed by atoms with Gasteiger partial charge >= 0.3 is 5.97 Å². The number of methoxy groups -OCH3 is 1. The number of carbonyl (C=O) groups is 1. The monoisotopic (exact) mass is 553 g/mol. The van der Waals surface area contributed by atoms with Crippen molar-refractivity contribution in [3.8, 4) is 11.5 Å². The maximum atomic E-state index is 11.7. The molecule has 0 fully saturated rings. The number of benzene rings is 4. The molecule has 0 aliphatic rings. The van der Waals surface area contributed by atoms with Gasteiger partial charge < -0.3 is 24.6 Å². The number of nitrogens with one attached hydrogen (secondary N) is 1. The van der Waals surface area contributed by atoms with Gasteiger partial charge in [-0.2, -0.15) is 0 Å². The molecule has 0 saturated heterocycles. The highest BCUT2D eigenvalue weighted by Gasteiger charge is 2.21. The summed E-state index contributed by atoms with van der Waals surface area (Å²) >= 11 is 0. The normalized spacial score (nSPS) is 12.0. The van der Waals surface area contributed by atoms with E-state index in [4.69, 9.17) is 14.2 Å². The second-order valence-electron chi connectivity index (χ2n) is 10.8. The second-order valence-corrected chi connectivity index (χ2v) is 10.8. The molecule has 2 N–H and O–H groups in total. The average molecular weight is 554 g/mol. The molecule has 4 aromatic rings. The maximum absolute atomic E-state index is 11.7. The summed E-state index contributed by atoms with van der Waals surface area (Å²) in [5.74, 6) is 1.01. The van der Waals surface area contributed by atoms with Crippen molar-refractivity contribution in [1.82, 2.24) is 5.32 Å². The van der Waals surface area contributed by atoms with Gasteiger partial charge in [0.05, 0.1) is 19.6 Å². The summed E-state index contributed by atoms with van der Waals surface area (Å²) in [7, 11) is 1.40. The van der Waals surface area contributed by atoms with Gasteiger partial charge in [0.25, 0.3) is 0 Å². The van der Waals surface area contributed by atoms with Gasteiger partial charge in [0.15, 0.2) is 0 Å². The molecule has 0 saturated carbocycles. The largest absolute Gasteiger partial charge is 0.489 e. The third-order valence-electron chi connectivity index (χ3n) is 6.77. The van der Waals surface area contributed by atoms with E-state index in [2.05, 4.69) is 19.2 Å². The van der Waals surface area contributed by atoms with Gasteiger partial charge in [-0.1, -0.05) is 84.9 Å². The van der Waals surface area contributed by atoms with E-state index in [1.807, 2.05) is 103 Å². The summed E-state index contributed by atoms with van der Waals surface area (Å²) < 4.78 is 17.0. The summed E-state index contributed by atoms with van der Waals surface area (Å²) in [6, 6.07) is 33.5. The third-order valence-corrected chi connectivity index (χ3v) is 6.77. The number of carbonyl (C=O) groups excluding carboxylic acids is 1. The Morgan fingerprint density at radius 3 is 1.85 bits per heavy atom. The Kier molecular flexibility index (Phi) is 10.5. The Bertz CT molecular complexity index is 1330. The number of rotatable bonds is 14. The highest BCUT2D eigenvalue weighted by Crippen LogP contribution is 2.28. The Balaban J connectivity index is 1.43. The summed E-state index contributed by atoms with van der Waals surface area (Å²) in [6.45, 7) is 5.37. The van der Waals surface area contributed by atoms with Crippen LogP contribution >= 0.6 is 0 Å². The Hall–Kier alpha value is -4.13. The number of ether oxygens (including phenoxy) is 3. The van der Waals surface area contributed by atoms with Crippen molar-refractivity contribution in [2.75, 3.05) is 13.7 Å². The van der Waals surface area contributed by atoms with Crippen LogP contribution in [-0.2, 0) is 35.6 Å². The van der Waals surface area contributed by atoms with Crippen molar-refractivity contribution < 1.29 is 24.1 Å². The molecular formula is C35H39NO5. The van der Waals surface area contributed by atoms with Gasteiger partial charge in [0.2, 0.25) is 0 Å². The number of esters is 1. The predicted molar refractivity (Wildman–Crippen MR) is 161 cm³/mol. The maximum Gasteiger partial charge on any atom is 0.309 e. The van der Waals surface area contributed by atoms with Crippen LogP contribution < -0.4 is 14.8 Å². The first-order valence-corrected chi connectivity index (χ1v) is 13.9. The van der Waals surface area contributed by atoms with Crippen LogP contribution in [0.2, 0.25) is 0 Å². The minimum Gasteiger partial charge on any atom is -0.489 e. The van der Waals surface area contributed by atoms with Crippen LogP contribution in [0.1, 0.15) is 47.8 Å². The van der Waals surface area contributed by atoms with E-state index in [0.717, 1.165) is 28.7 Å². The van der Waals surface area contributed by atoms with Gasteiger partial charge in [0, 0.05) is 18.2 Å². The third kappa shape index (κ3) is 9.78. The van der Waals surface area contributed by atoms with E-state index in [-0.39, 0.29) is 17.9 Å². The smallest absolute Gasteiger partial charge is 0.309 e. The quantitative estimate of drug-likeness (QED) is 0.181. The molecule has 1 atom stereocenters. The van der Waals surface area contributed by atoms with E-state index in [1.165, 1.54) is 7.11 Å². The first-order chi connectivity index (χ1) is 19.8. The van der Waals surface area contributed by atoms with Crippen LogP contribution in [0.25, 0.3) is 0 Å². The molecule has 4 rings (SSSR count). The Labute approximate surface area is 242 Å². The lowest BCUT2D eigenvalue weighted by atomic mass is 9.93. The first-order valence-electron chi connectivity index (χ1n) is 13.9. The minimum atomic E-state index is -0.778. The number of β-amino-alcohol motifs (C(OH)–C–C–N with tert-alkyl or cyclic N) is 1. The molecule has 214 valence electrons. The minimum absolute atomic E-state index is 0.244. The van der Waals surface area contributed by atoms with Gasteiger partial charge in [-0.15, -0.1) is 0 Å². The molecule has 0 amide bonds. The zero-order chi connectivity index (χ0) is 29.1. The zero-order valence-electron chi connectivity index (χ0n) is 24.0. The summed E-state index contributed by atoms with van der Waals surface area (Å²) in [4.78, 5) is 11.7. The first kappa shape index (κ1) is 29.8. The van der Waals surface area contributed by atoms with Crippen molar-refractivity contribution in [1.29, 1.82) is 0 Å². The lowest BCUT2D eigenvalue weighted by molar-refractivity contribution is -0.139. The Morgan fingerprint density at radius 2 is 1.29 bits per heavy atom. The van der Waals surface area contributed by atoms with Gasteiger partial charge in [-0.05, 0) is 60.2 Å². The van der Waals surface area contributed by atoms with Crippen molar-refractivity contribution >= 4 is 5.97 Å². The summed E-state index contributed by atoms with van der Waals surface area (Å²) in [6.07, 6.45) is 0.188. The number of hydrogen-bond acceptors (Lipinski definition) is 6. The van der Waals surface area contributed by atoms with Crippen LogP contribution in [-0.4, -0.2) is 30.3 Å². The predicted octanol–water partition coefficient (Wildman–Crippen LogP) is 6.20. The topological polar surface area (TPSA) is 77.0 Å². The van der Waals surface area contributed by atoms with E-state index >= 15 is 0 Å². The second kappa shape index (κ2) is 14.5. The summed E-state index contributed by atoms with van der Waals surface area (Å²) in [5, 5.41) is 14.7. The zero-order valence-corrected chi connectivity index (χ0v) is 24.0. The van der Waals surface area contributed by atoms with Gasteiger partial charge in [-0.25, -0.2) is 0 Å². The molecular weight excluding hydrogens is 514 g/mol. The number of aliphatic hydroxyl groups is 1. The van der Waals surface area contributed by atoms with Crippen molar-refractivity contribution in [3.63, 3.8) is 0 Å². The molecule has 0 spiro atoms. The molecule has 4 aromatic carbocycles. The number of aliphatic hydroxyl groups excluding tert-OH is 1. The van der Waals surface area contributed by atoms with Gasteiger partial charge in [-0.3, -0.25) is 4.79 Å². The molecule has 0 heterocycles. The van der Waals surface area contributed by atoms with Crippen molar-refractivity contribution in [2.24, 2.45) is 0 Å². The molecule has 1 unspecified atom stereocenters. The highest BCUT2D eigenvalue weighted by molar-refractivity contribution is 5.72. The van der Waals surface area contributed by atoms with Crippen LogP contribution in [0.5, 0.6) is 11.5 Å². The molecule has 6 heteroatoms. The van der Waals surface area contributed by atoms with Gasteiger partial charge in [0.1, 0.15) is 24.7 Å². The van der Waals surface area contributed by atoms with E-state index < -0.39 is 6.10 Å². The number of hydrogen-bond donors (Lipinski definition) is 2. The van der Waals surface area contributed by atoms with Crippen molar-refractivity contribution in [2.45, 2.75) is 51.5 Å². The fraction of sp³-hybridized carbons (Fsp3) is 0.286. The van der Waals surface area contributed by atoms with Crippen LogP contribution in [0.3, 0.4) is 0 Å². The summed E-state index contributed by atoms with van der Waals surface area (Å²) in [5.41, 5.74) is 4.54. The van der Waals surface area contributed by atoms with Crippen molar-refractivity contribution in [3.05, 3.63) is 131 Å². The van der Waals surface area contributed by atoms with E-state index in [0.29, 0.717) is 36.8 Å². The highest BCUT2D eigenvalue weighted by atomic mass is 16.5. The fourth-order valence-electron chi connectivity index (χ4n) is 4.59. The lowest BCUT2D eigenvalue weighted by Gasteiger charge is -2.28. The molecule has 0 aliphatic heterocycles. The van der Waals surface area contributed by atoms with E-state index in [1.54, 1.807) is 0 Å². The van der Waals surface area contributed by atoms with E-state index in [9.17, 15) is 9.90 Å². The Morgan fingerprint density at radius 1 is 0.756 bits per heavy atom.